The van der Waals surface area contributed by atoms with Gasteiger partial charge in [0.25, 0.3) is 0 Å². The van der Waals surface area contributed by atoms with Gasteiger partial charge < -0.3 is 10.2 Å². The zero-order valence-electron chi connectivity index (χ0n) is 24.4. The van der Waals surface area contributed by atoms with E-state index in [2.05, 4.69) is 97.1 Å². The van der Waals surface area contributed by atoms with Gasteiger partial charge in [0.1, 0.15) is 0 Å². The molecule has 0 saturated heterocycles. The van der Waals surface area contributed by atoms with E-state index in [0.717, 1.165) is 44.5 Å². The zero-order chi connectivity index (χ0) is 29.4. The topological polar surface area (TPSA) is 46.1 Å². The van der Waals surface area contributed by atoms with E-state index in [1.54, 1.807) is 12.1 Å². The number of hydrogen-bond donors (Lipinski definition) is 0. The maximum absolute atomic E-state index is 12.8. The standard InChI is InChI=1S/C41H32O2.Ca/c42-40-25-23-36(34-19-15-32(16-20-34)13-11-30-7-3-1-4-8-30)27-38(40)29-39-28-37(24-26-41(39)43)35-21-17-33(18-22-35)14-12-31-9-5-2-6-10-31;/h1-28,42-43H,29H2;/q;+2/p-2/b13-11+,14-12+;. The average Bonchev–Trinajstić information content (AvgIpc) is 3.06. The van der Waals surface area contributed by atoms with Crippen molar-refractivity contribution in [1.29, 1.82) is 0 Å². The molecule has 0 bridgehead atoms. The van der Waals surface area contributed by atoms with Crippen LogP contribution in [0.3, 0.4) is 0 Å². The normalized spacial score (nSPS) is 11.1. The van der Waals surface area contributed by atoms with Crippen LogP contribution in [0.1, 0.15) is 33.4 Å². The van der Waals surface area contributed by atoms with Gasteiger partial charge in [-0.05, 0) is 50.9 Å². The van der Waals surface area contributed by atoms with Crippen molar-refractivity contribution >= 4 is 62.0 Å². The Labute approximate surface area is 289 Å². The molecule has 6 aromatic rings. The molecular formula is C41H30CaO2. The second-order valence-electron chi connectivity index (χ2n) is 10.6. The van der Waals surface area contributed by atoms with Crippen molar-refractivity contribution in [3.05, 3.63) is 179 Å². The van der Waals surface area contributed by atoms with Crippen LogP contribution in [0.5, 0.6) is 11.5 Å². The summed E-state index contributed by atoms with van der Waals surface area (Å²) in [6.45, 7) is 0. The first-order valence-electron chi connectivity index (χ1n) is 14.4. The summed E-state index contributed by atoms with van der Waals surface area (Å²) in [4.78, 5) is 0. The van der Waals surface area contributed by atoms with Crippen LogP contribution in [0.25, 0.3) is 46.6 Å². The summed E-state index contributed by atoms with van der Waals surface area (Å²) >= 11 is 0. The van der Waals surface area contributed by atoms with E-state index in [9.17, 15) is 10.2 Å². The van der Waals surface area contributed by atoms with Crippen LogP contribution in [0, 0.1) is 0 Å². The van der Waals surface area contributed by atoms with Gasteiger partial charge in [-0.15, -0.1) is 11.5 Å². The molecule has 0 unspecified atom stereocenters. The maximum Gasteiger partial charge on any atom is 2.00 e. The Kier molecular flexibility index (Phi) is 10.5. The summed E-state index contributed by atoms with van der Waals surface area (Å²) in [6.07, 6.45) is 8.64. The van der Waals surface area contributed by atoms with Gasteiger partial charge in [-0.2, -0.15) is 0 Å². The first-order valence-corrected chi connectivity index (χ1v) is 14.4. The first kappa shape index (κ1) is 31.1. The molecule has 0 aromatic heterocycles. The third-order valence-electron chi connectivity index (χ3n) is 7.53. The molecule has 0 amide bonds. The van der Waals surface area contributed by atoms with E-state index >= 15 is 0 Å². The van der Waals surface area contributed by atoms with Gasteiger partial charge in [0.15, 0.2) is 0 Å². The smallest absolute Gasteiger partial charge is 0.872 e. The van der Waals surface area contributed by atoms with Crippen LogP contribution in [-0.4, -0.2) is 37.7 Å². The summed E-state index contributed by atoms with van der Waals surface area (Å²) in [7, 11) is 0. The van der Waals surface area contributed by atoms with Gasteiger partial charge in [0.05, 0.1) is 0 Å². The summed E-state index contributed by atoms with van der Waals surface area (Å²) in [5.41, 5.74) is 9.68. The minimum Gasteiger partial charge on any atom is -0.872 e. The van der Waals surface area contributed by atoms with Gasteiger partial charge in [0, 0.05) is 0 Å². The molecule has 44 heavy (non-hydrogen) atoms. The molecule has 6 rings (SSSR count). The Morgan fingerprint density at radius 1 is 0.364 bits per heavy atom. The largest absolute Gasteiger partial charge is 2.00 e. The quantitative estimate of drug-likeness (QED) is 0.131. The molecule has 0 atom stereocenters. The van der Waals surface area contributed by atoms with E-state index in [-0.39, 0.29) is 55.7 Å². The van der Waals surface area contributed by atoms with Gasteiger partial charge in [-0.25, -0.2) is 0 Å². The number of benzene rings is 6. The van der Waals surface area contributed by atoms with Crippen molar-refractivity contribution in [2.24, 2.45) is 0 Å². The number of hydrogen-bond acceptors (Lipinski definition) is 2. The van der Waals surface area contributed by atoms with E-state index in [0.29, 0.717) is 11.1 Å². The van der Waals surface area contributed by atoms with Gasteiger partial charge in [-0.1, -0.05) is 181 Å². The van der Waals surface area contributed by atoms with Crippen LogP contribution in [-0.2, 0) is 6.42 Å². The molecule has 208 valence electrons. The molecule has 0 aliphatic carbocycles. The monoisotopic (exact) mass is 594 g/mol. The van der Waals surface area contributed by atoms with Crippen molar-refractivity contribution in [3.8, 4) is 33.8 Å². The Bertz CT molecular complexity index is 1730. The van der Waals surface area contributed by atoms with Crippen LogP contribution in [0.4, 0.5) is 0 Å². The molecule has 0 saturated carbocycles. The van der Waals surface area contributed by atoms with Gasteiger partial charge >= 0.3 is 37.7 Å². The fourth-order valence-corrected chi connectivity index (χ4v) is 5.09. The molecule has 0 radical (unpaired) electrons. The van der Waals surface area contributed by atoms with Crippen molar-refractivity contribution in [2.75, 3.05) is 0 Å². The van der Waals surface area contributed by atoms with Crippen LogP contribution in [0.15, 0.2) is 146 Å². The van der Waals surface area contributed by atoms with E-state index in [4.69, 9.17) is 0 Å². The molecule has 0 N–H and O–H groups in total. The Morgan fingerprint density at radius 3 is 1.05 bits per heavy atom. The van der Waals surface area contributed by atoms with Crippen molar-refractivity contribution in [1.82, 2.24) is 0 Å². The van der Waals surface area contributed by atoms with Crippen molar-refractivity contribution < 1.29 is 10.2 Å². The SMILES string of the molecule is [Ca+2].[O-]c1ccc(-c2ccc(/C=C/c3ccccc3)cc2)cc1Cc1cc(-c2ccc(/C=C/c3ccccc3)cc2)ccc1[O-]. The fourth-order valence-electron chi connectivity index (χ4n) is 5.09. The first-order chi connectivity index (χ1) is 21.1. The Balaban J connectivity index is 0.00000384. The second kappa shape index (κ2) is 14.9. The molecule has 0 spiro atoms. The van der Waals surface area contributed by atoms with Gasteiger partial charge in [0.2, 0.25) is 0 Å². The molecule has 0 aliphatic heterocycles. The molecule has 0 heterocycles. The molecule has 3 heteroatoms. The molecule has 0 fully saturated rings. The van der Waals surface area contributed by atoms with E-state index in [1.807, 2.05) is 60.7 Å². The Hall–Kier alpha value is -4.34. The summed E-state index contributed by atoms with van der Waals surface area (Å²) in [6, 6.07) is 47.7. The zero-order valence-corrected chi connectivity index (χ0v) is 26.6. The average molecular weight is 595 g/mol. The maximum atomic E-state index is 12.8. The number of rotatable bonds is 8. The Morgan fingerprint density at radius 2 is 0.682 bits per heavy atom. The van der Waals surface area contributed by atoms with Crippen LogP contribution < -0.4 is 10.2 Å². The summed E-state index contributed by atoms with van der Waals surface area (Å²) < 4.78 is 0. The minimum absolute atomic E-state index is 0. The van der Waals surface area contributed by atoms with Crippen LogP contribution in [0.2, 0.25) is 0 Å². The predicted molar refractivity (Wildman–Crippen MR) is 182 cm³/mol. The van der Waals surface area contributed by atoms with E-state index in [1.165, 1.54) is 0 Å². The predicted octanol–water partition coefficient (Wildman–Crippen LogP) is 8.72. The molecule has 6 aromatic carbocycles. The molecule has 2 nitrogen and oxygen atoms in total. The molecule has 0 aliphatic rings. The minimum atomic E-state index is -0.0643. The molecular weight excluding hydrogens is 565 g/mol. The van der Waals surface area contributed by atoms with Gasteiger partial charge in [-0.3, -0.25) is 0 Å². The second-order valence-corrected chi connectivity index (χ2v) is 10.6. The third-order valence-corrected chi connectivity index (χ3v) is 7.53. The van der Waals surface area contributed by atoms with Crippen molar-refractivity contribution in [2.45, 2.75) is 6.42 Å². The summed E-state index contributed by atoms with van der Waals surface area (Å²) in [5, 5.41) is 25.7. The summed E-state index contributed by atoms with van der Waals surface area (Å²) in [5.74, 6) is -0.129. The fraction of sp³-hybridized carbons (Fsp3) is 0.0244. The van der Waals surface area contributed by atoms with Crippen LogP contribution >= 0.6 is 0 Å². The third kappa shape index (κ3) is 7.98. The van der Waals surface area contributed by atoms with Crippen molar-refractivity contribution in [3.63, 3.8) is 0 Å². The van der Waals surface area contributed by atoms with E-state index < -0.39 is 0 Å².